The fourth-order valence-corrected chi connectivity index (χ4v) is 4.08. The molecule has 2 aromatic rings. The number of anilines is 1. The minimum absolute atomic E-state index is 0.665. The summed E-state index contributed by atoms with van der Waals surface area (Å²) >= 11 is 2.04. The monoisotopic (exact) mass is 401 g/mol. The fraction of sp³-hybridized carbons (Fsp3) is 0.550. The van der Waals surface area contributed by atoms with Gasteiger partial charge in [0.05, 0.1) is 6.54 Å². The molecule has 0 saturated carbocycles. The van der Waals surface area contributed by atoms with Crippen LogP contribution in [-0.2, 0) is 19.5 Å². The molecule has 1 aromatic heterocycles. The molecular weight excluding hydrogens is 370 g/mol. The van der Waals surface area contributed by atoms with Gasteiger partial charge in [0.1, 0.15) is 12.2 Å². The number of hydrogen-bond acceptors (Lipinski definition) is 5. The van der Waals surface area contributed by atoms with E-state index in [1.54, 1.807) is 6.33 Å². The van der Waals surface area contributed by atoms with Crippen molar-refractivity contribution in [1.82, 2.24) is 25.4 Å². The lowest BCUT2D eigenvalue weighted by atomic mass is 10.2. The van der Waals surface area contributed by atoms with Crippen molar-refractivity contribution >= 4 is 23.4 Å². The molecule has 0 unspecified atom stereocenters. The zero-order valence-corrected chi connectivity index (χ0v) is 17.7. The van der Waals surface area contributed by atoms with Crippen LogP contribution in [0.3, 0.4) is 0 Å². The largest absolute Gasteiger partial charge is 0.370 e. The Labute approximate surface area is 172 Å². The Morgan fingerprint density at radius 2 is 1.93 bits per heavy atom. The summed E-state index contributed by atoms with van der Waals surface area (Å²) in [7, 11) is 0. The number of benzene rings is 1. The standard InChI is InChI=1S/C20H31N7S/c1-3-19-25-24-16-27(19)10-9-22-20(21-4-2)23-15-17-5-7-18(8-6-17)26-11-13-28-14-12-26/h5-8,16H,3-4,9-15H2,1-2H3,(H2,21,22,23). The SMILES string of the molecule is CCNC(=NCc1ccc(N2CCSCC2)cc1)NCCn1cnnc1CC. The number of hydrogen-bond donors (Lipinski definition) is 2. The molecule has 0 amide bonds. The normalized spacial score (nSPS) is 14.9. The molecule has 1 aliphatic heterocycles. The Hall–Kier alpha value is -2.22. The van der Waals surface area contributed by atoms with Gasteiger partial charge in [0.2, 0.25) is 0 Å². The molecule has 0 radical (unpaired) electrons. The average molecular weight is 402 g/mol. The van der Waals surface area contributed by atoms with Gasteiger partial charge < -0.3 is 20.1 Å². The highest BCUT2D eigenvalue weighted by Gasteiger charge is 2.10. The lowest BCUT2D eigenvalue weighted by Gasteiger charge is -2.28. The van der Waals surface area contributed by atoms with Gasteiger partial charge in [-0.3, -0.25) is 0 Å². The van der Waals surface area contributed by atoms with Gasteiger partial charge in [0.25, 0.3) is 0 Å². The molecule has 1 fully saturated rings. The molecule has 0 bridgehead atoms. The van der Waals surface area contributed by atoms with E-state index >= 15 is 0 Å². The Morgan fingerprint density at radius 1 is 1.14 bits per heavy atom. The summed E-state index contributed by atoms with van der Waals surface area (Å²) < 4.78 is 2.08. The number of aromatic nitrogens is 3. The summed E-state index contributed by atoms with van der Waals surface area (Å²) in [6.07, 6.45) is 2.67. The molecule has 1 saturated heterocycles. The third-order valence-corrected chi connectivity index (χ3v) is 5.68. The summed E-state index contributed by atoms with van der Waals surface area (Å²) in [5.41, 5.74) is 2.54. The maximum absolute atomic E-state index is 4.72. The highest BCUT2D eigenvalue weighted by Crippen LogP contribution is 2.20. The molecule has 0 atom stereocenters. The molecule has 7 nitrogen and oxygen atoms in total. The lowest BCUT2D eigenvalue weighted by Crippen LogP contribution is -2.38. The van der Waals surface area contributed by atoms with Gasteiger partial charge in [-0.25, -0.2) is 4.99 Å². The van der Waals surface area contributed by atoms with Crippen molar-refractivity contribution in [3.8, 4) is 0 Å². The number of thioether (sulfide) groups is 1. The van der Waals surface area contributed by atoms with Crippen molar-refractivity contribution in [1.29, 1.82) is 0 Å². The second kappa shape index (κ2) is 10.9. The predicted octanol–water partition coefficient (Wildman–Crippen LogP) is 2.15. The molecule has 1 aliphatic rings. The first-order chi connectivity index (χ1) is 13.8. The number of aryl methyl sites for hydroxylation is 1. The van der Waals surface area contributed by atoms with E-state index < -0.39 is 0 Å². The van der Waals surface area contributed by atoms with Gasteiger partial charge in [-0.15, -0.1) is 10.2 Å². The van der Waals surface area contributed by atoms with Gasteiger partial charge in [0.15, 0.2) is 5.96 Å². The Morgan fingerprint density at radius 3 is 2.64 bits per heavy atom. The van der Waals surface area contributed by atoms with E-state index in [0.717, 1.165) is 50.9 Å². The fourth-order valence-electron chi connectivity index (χ4n) is 3.18. The minimum atomic E-state index is 0.665. The Kier molecular flexibility index (Phi) is 8.02. The second-order valence-corrected chi connectivity index (χ2v) is 7.91. The number of guanidine groups is 1. The molecule has 1 aromatic carbocycles. The van der Waals surface area contributed by atoms with E-state index in [1.165, 1.54) is 22.8 Å². The summed E-state index contributed by atoms with van der Waals surface area (Å²) in [5.74, 6) is 4.29. The third-order valence-electron chi connectivity index (χ3n) is 4.73. The average Bonchev–Trinajstić information content (AvgIpc) is 3.20. The van der Waals surface area contributed by atoms with Crippen molar-refractivity contribution in [3.05, 3.63) is 42.0 Å². The molecule has 28 heavy (non-hydrogen) atoms. The molecule has 2 N–H and O–H groups in total. The van der Waals surface area contributed by atoms with Crippen LogP contribution in [0.25, 0.3) is 0 Å². The highest BCUT2D eigenvalue weighted by atomic mass is 32.2. The third kappa shape index (κ3) is 5.89. The number of aliphatic imine (C=N–C) groups is 1. The van der Waals surface area contributed by atoms with E-state index in [4.69, 9.17) is 4.99 Å². The van der Waals surface area contributed by atoms with Crippen LogP contribution in [0.15, 0.2) is 35.6 Å². The molecule has 8 heteroatoms. The van der Waals surface area contributed by atoms with E-state index in [2.05, 4.69) is 68.4 Å². The molecule has 0 aliphatic carbocycles. The first kappa shape index (κ1) is 20.5. The van der Waals surface area contributed by atoms with Crippen LogP contribution >= 0.6 is 11.8 Å². The van der Waals surface area contributed by atoms with Crippen LogP contribution in [0, 0.1) is 0 Å². The predicted molar refractivity (Wildman–Crippen MR) is 118 cm³/mol. The summed E-state index contributed by atoms with van der Waals surface area (Å²) in [5, 5.41) is 14.8. The smallest absolute Gasteiger partial charge is 0.191 e. The van der Waals surface area contributed by atoms with Crippen molar-refractivity contribution in [3.63, 3.8) is 0 Å². The van der Waals surface area contributed by atoms with Gasteiger partial charge >= 0.3 is 0 Å². The molecule has 0 spiro atoms. The molecule has 152 valence electrons. The second-order valence-electron chi connectivity index (χ2n) is 6.68. The van der Waals surface area contributed by atoms with Crippen molar-refractivity contribution < 1.29 is 0 Å². The Balaban J connectivity index is 1.51. The van der Waals surface area contributed by atoms with E-state index in [0.29, 0.717) is 6.54 Å². The van der Waals surface area contributed by atoms with E-state index in [9.17, 15) is 0 Å². The molecule has 3 rings (SSSR count). The van der Waals surface area contributed by atoms with Crippen molar-refractivity contribution in [2.75, 3.05) is 42.6 Å². The minimum Gasteiger partial charge on any atom is -0.370 e. The number of nitrogens with one attached hydrogen (secondary N) is 2. The molecular formula is C20H31N7S. The quantitative estimate of drug-likeness (QED) is 0.522. The highest BCUT2D eigenvalue weighted by molar-refractivity contribution is 7.99. The summed E-state index contributed by atoms with van der Waals surface area (Å²) in [4.78, 5) is 7.19. The van der Waals surface area contributed by atoms with Gasteiger partial charge in [-0.05, 0) is 24.6 Å². The van der Waals surface area contributed by atoms with Gasteiger partial charge in [-0.1, -0.05) is 19.1 Å². The van der Waals surface area contributed by atoms with Crippen LogP contribution in [0.2, 0.25) is 0 Å². The van der Waals surface area contributed by atoms with Gasteiger partial charge in [0, 0.05) is 56.3 Å². The van der Waals surface area contributed by atoms with Crippen molar-refractivity contribution in [2.24, 2.45) is 4.99 Å². The summed E-state index contributed by atoms with van der Waals surface area (Å²) in [6.45, 7) is 9.56. The van der Waals surface area contributed by atoms with Crippen LogP contribution in [0.5, 0.6) is 0 Å². The maximum Gasteiger partial charge on any atom is 0.191 e. The van der Waals surface area contributed by atoms with Crippen molar-refractivity contribution in [2.45, 2.75) is 33.4 Å². The van der Waals surface area contributed by atoms with E-state index in [-0.39, 0.29) is 0 Å². The van der Waals surface area contributed by atoms with Crippen LogP contribution in [-0.4, -0.2) is 58.4 Å². The van der Waals surface area contributed by atoms with Gasteiger partial charge in [-0.2, -0.15) is 11.8 Å². The maximum atomic E-state index is 4.72. The number of rotatable bonds is 8. The van der Waals surface area contributed by atoms with Crippen LogP contribution in [0.4, 0.5) is 5.69 Å². The Bertz CT molecular complexity index is 735. The topological polar surface area (TPSA) is 70.4 Å². The van der Waals surface area contributed by atoms with Crippen LogP contribution < -0.4 is 15.5 Å². The van der Waals surface area contributed by atoms with Crippen LogP contribution in [0.1, 0.15) is 25.2 Å². The molecule has 2 heterocycles. The first-order valence-electron chi connectivity index (χ1n) is 10.1. The summed E-state index contributed by atoms with van der Waals surface area (Å²) in [6, 6.07) is 8.82. The number of nitrogens with zero attached hydrogens (tertiary/aromatic N) is 5. The zero-order chi connectivity index (χ0) is 19.6. The zero-order valence-electron chi connectivity index (χ0n) is 16.9. The first-order valence-corrected chi connectivity index (χ1v) is 11.3. The van der Waals surface area contributed by atoms with E-state index in [1.807, 2.05) is 11.8 Å². The lowest BCUT2D eigenvalue weighted by molar-refractivity contribution is 0.632.